The standard InChI is InChI=1S/C17H19FN4O2/c18-14-3-1-2-12(9-14)8-13-4-5-21(10-13)17(23)16-20-19-15-11-24-7-6-22(15)16/h1-3,9,13H,4-8,10-11H2. The second-order valence-corrected chi connectivity index (χ2v) is 6.38. The number of halogens is 1. The van der Waals surface area contributed by atoms with E-state index in [9.17, 15) is 9.18 Å². The van der Waals surface area contributed by atoms with Gasteiger partial charge in [0.1, 0.15) is 12.4 Å². The molecule has 6 nitrogen and oxygen atoms in total. The van der Waals surface area contributed by atoms with Gasteiger partial charge in [-0.1, -0.05) is 12.1 Å². The van der Waals surface area contributed by atoms with Crippen LogP contribution in [0.2, 0.25) is 0 Å². The molecule has 1 aromatic carbocycles. The number of hydrogen-bond acceptors (Lipinski definition) is 4. The molecule has 0 saturated carbocycles. The van der Waals surface area contributed by atoms with Gasteiger partial charge in [-0.3, -0.25) is 4.79 Å². The van der Waals surface area contributed by atoms with E-state index in [1.807, 2.05) is 15.5 Å². The summed E-state index contributed by atoms with van der Waals surface area (Å²) in [5.74, 6) is 1.18. The molecule has 4 rings (SSSR count). The molecule has 126 valence electrons. The van der Waals surface area contributed by atoms with E-state index >= 15 is 0 Å². The zero-order valence-electron chi connectivity index (χ0n) is 13.3. The molecule has 0 radical (unpaired) electrons. The SMILES string of the molecule is O=C(c1nnc2n1CCOC2)N1CCC(Cc2cccc(F)c2)C1. The summed E-state index contributed by atoms with van der Waals surface area (Å²) in [6.07, 6.45) is 1.71. The zero-order chi connectivity index (χ0) is 16.5. The Hall–Kier alpha value is -2.28. The maximum Gasteiger partial charge on any atom is 0.291 e. The Balaban J connectivity index is 1.43. The highest BCUT2D eigenvalue weighted by Crippen LogP contribution is 2.23. The van der Waals surface area contributed by atoms with E-state index in [-0.39, 0.29) is 11.7 Å². The molecule has 0 N–H and O–H groups in total. The largest absolute Gasteiger partial charge is 0.372 e. The van der Waals surface area contributed by atoms with Crippen LogP contribution in [-0.4, -0.2) is 45.3 Å². The summed E-state index contributed by atoms with van der Waals surface area (Å²) in [5.41, 5.74) is 0.978. The summed E-state index contributed by atoms with van der Waals surface area (Å²) >= 11 is 0. The highest BCUT2D eigenvalue weighted by Gasteiger charge is 2.31. The van der Waals surface area contributed by atoms with Gasteiger partial charge in [-0.2, -0.15) is 0 Å². The predicted octanol–water partition coefficient (Wildman–Crippen LogP) is 1.65. The average molecular weight is 330 g/mol. The van der Waals surface area contributed by atoms with Crippen LogP contribution in [0.25, 0.3) is 0 Å². The third-order valence-electron chi connectivity index (χ3n) is 4.70. The van der Waals surface area contributed by atoms with Crippen molar-refractivity contribution >= 4 is 5.91 Å². The van der Waals surface area contributed by atoms with E-state index in [0.29, 0.717) is 50.4 Å². The summed E-state index contributed by atoms with van der Waals surface area (Å²) < 4.78 is 20.5. The number of ether oxygens (including phenoxy) is 1. The molecule has 1 saturated heterocycles. The molecule has 0 aliphatic carbocycles. The Morgan fingerprint density at radius 2 is 2.25 bits per heavy atom. The molecular formula is C17H19FN4O2. The third kappa shape index (κ3) is 2.91. The van der Waals surface area contributed by atoms with E-state index in [2.05, 4.69) is 10.2 Å². The Kier molecular flexibility index (Phi) is 4.02. The lowest BCUT2D eigenvalue weighted by atomic mass is 9.99. The van der Waals surface area contributed by atoms with Crippen molar-refractivity contribution in [2.24, 2.45) is 5.92 Å². The van der Waals surface area contributed by atoms with Crippen molar-refractivity contribution in [1.29, 1.82) is 0 Å². The van der Waals surface area contributed by atoms with Gasteiger partial charge in [0.25, 0.3) is 5.91 Å². The monoisotopic (exact) mass is 330 g/mol. The lowest BCUT2D eigenvalue weighted by Crippen LogP contribution is -2.32. The number of hydrogen-bond donors (Lipinski definition) is 0. The van der Waals surface area contributed by atoms with Crippen LogP contribution in [0.1, 0.15) is 28.4 Å². The van der Waals surface area contributed by atoms with Crippen molar-refractivity contribution in [2.45, 2.75) is 26.0 Å². The highest BCUT2D eigenvalue weighted by atomic mass is 19.1. The van der Waals surface area contributed by atoms with Crippen LogP contribution >= 0.6 is 0 Å². The van der Waals surface area contributed by atoms with Gasteiger partial charge in [-0.25, -0.2) is 4.39 Å². The predicted molar refractivity (Wildman–Crippen MR) is 83.8 cm³/mol. The molecule has 0 spiro atoms. The molecule has 0 bridgehead atoms. The number of fused-ring (bicyclic) bond motifs is 1. The molecule has 2 aromatic rings. The van der Waals surface area contributed by atoms with Crippen molar-refractivity contribution in [3.8, 4) is 0 Å². The van der Waals surface area contributed by atoms with Crippen LogP contribution in [0, 0.1) is 11.7 Å². The fraction of sp³-hybridized carbons (Fsp3) is 0.471. The average Bonchev–Trinajstić information content (AvgIpc) is 3.21. The number of carbonyl (C=O) groups excluding carboxylic acids is 1. The van der Waals surface area contributed by atoms with Gasteiger partial charge >= 0.3 is 0 Å². The van der Waals surface area contributed by atoms with Gasteiger partial charge in [0, 0.05) is 19.6 Å². The molecule has 24 heavy (non-hydrogen) atoms. The molecular weight excluding hydrogens is 311 g/mol. The fourth-order valence-electron chi connectivity index (χ4n) is 3.48. The first-order valence-electron chi connectivity index (χ1n) is 8.24. The van der Waals surface area contributed by atoms with Crippen molar-refractivity contribution in [2.75, 3.05) is 19.7 Å². The molecule has 1 unspecified atom stereocenters. The van der Waals surface area contributed by atoms with Crippen LogP contribution in [-0.2, 0) is 24.3 Å². The first-order chi connectivity index (χ1) is 11.7. The lowest BCUT2D eigenvalue weighted by molar-refractivity contribution is 0.0707. The van der Waals surface area contributed by atoms with Crippen LogP contribution in [0.3, 0.4) is 0 Å². The van der Waals surface area contributed by atoms with Gasteiger partial charge in [-0.15, -0.1) is 10.2 Å². The van der Waals surface area contributed by atoms with Gasteiger partial charge in [0.05, 0.1) is 6.61 Å². The quantitative estimate of drug-likeness (QED) is 0.859. The van der Waals surface area contributed by atoms with E-state index in [4.69, 9.17) is 4.74 Å². The minimum absolute atomic E-state index is 0.0719. The summed E-state index contributed by atoms with van der Waals surface area (Å²) in [5, 5.41) is 8.10. The van der Waals surface area contributed by atoms with Gasteiger partial charge in [0.2, 0.25) is 5.82 Å². The van der Waals surface area contributed by atoms with Gasteiger partial charge in [0.15, 0.2) is 5.82 Å². The van der Waals surface area contributed by atoms with Crippen LogP contribution < -0.4 is 0 Å². The number of aromatic nitrogens is 3. The van der Waals surface area contributed by atoms with Crippen molar-refractivity contribution in [1.82, 2.24) is 19.7 Å². The van der Waals surface area contributed by atoms with E-state index in [1.165, 1.54) is 6.07 Å². The molecule has 3 heterocycles. The minimum atomic E-state index is -0.212. The molecule has 2 aliphatic heterocycles. The summed E-state index contributed by atoms with van der Waals surface area (Å²) in [6, 6.07) is 6.68. The summed E-state index contributed by atoms with van der Waals surface area (Å²) in [7, 11) is 0. The van der Waals surface area contributed by atoms with Crippen molar-refractivity contribution < 1.29 is 13.9 Å². The fourth-order valence-corrected chi connectivity index (χ4v) is 3.48. The number of benzene rings is 1. The Morgan fingerprint density at radius 3 is 3.12 bits per heavy atom. The normalized spacial score (nSPS) is 20.2. The zero-order valence-corrected chi connectivity index (χ0v) is 13.3. The minimum Gasteiger partial charge on any atom is -0.372 e. The molecule has 1 aromatic heterocycles. The maximum absolute atomic E-state index is 13.3. The highest BCUT2D eigenvalue weighted by molar-refractivity contribution is 5.91. The van der Waals surface area contributed by atoms with E-state index < -0.39 is 0 Å². The lowest BCUT2D eigenvalue weighted by Gasteiger charge is -2.19. The van der Waals surface area contributed by atoms with Crippen LogP contribution in [0.5, 0.6) is 0 Å². The van der Waals surface area contributed by atoms with Gasteiger partial charge in [-0.05, 0) is 36.5 Å². The second-order valence-electron chi connectivity index (χ2n) is 6.38. The first-order valence-corrected chi connectivity index (χ1v) is 8.24. The molecule has 2 aliphatic rings. The molecule has 1 atom stereocenters. The van der Waals surface area contributed by atoms with Crippen molar-refractivity contribution in [3.63, 3.8) is 0 Å². The third-order valence-corrected chi connectivity index (χ3v) is 4.70. The van der Waals surface area contributed by atoms with Gasteiger partial charge < -0.3 is 14.2 Å². The first kappa shape index (κ1) is 15.3. The maximum atomic E-state index is 13.3. The Labute approximate surface area is 139 Å². The molecule has 1 fully saturated rings. The number of rotatable bonds is 3. The number of carbonyl (C=O) groups is 1. The Bertz CT molecular complexity index is 761. The van der Waals surface area contributed by atoms with E-state index in [0.717, 1.165) is 18.4 Å². The van der Waals surface area contributed by atoms with Crippen LogP contribution in [0.15, 0.2) is 24.3 Å². The number of nitrogens with zero attached hydrogens (tertiary/aromatic N) is 4. The Morgan fingerprint density at radius 1 is 1.33 bits per heavy atom. The van der Waals surface area contributed by atoms with Crippen LogP contribution in [0.4, 0.5) is 4.39 Å². The number of amides is 1. The summed E-state index contributed by atoms with van der Waals surface area (Å²) in [6.45, 7) is 2.98. The topological polar surface area (TPSA) is 60.3 Å². The summed E-state index contributed by atoms with van der Waals surface area (Å²) in [4.78, 5) is 14.6. The number of likely N-dealkylation sites (tertiary alicyclic amines) is 1. The molecule has 7 heteroatoms. The molecule has 1 amide bonds. The smallest absolute Gasteiger partial charge is 0.291 e. The second kappa shape index (κ2) is 6.32. The van der Waals surface area contributed by atoms with Crippen molar-refractivity contribution in [3.05, 3.63) is 47.3 Å². The van der Waals surface area contributed by atoms with E-state index in [1.54, 1.807) is 12.1 Å².